The van der Waals surface area contributed by atoms with Crippen molar-refractivity contribution in [3.05, 3.63) is 63.3 Å². The zero-order chi connectivity index (χ0) is 18.1. The molecule has 1 aromatic heterocycles. The Kier molecular flexibility index (Phi) is 4.78. The maximum absolute atomic E-state index is 12.5. The summed E-state index contributed by atoms with van der Waals surface area (Å²) in [5.74, 6) is -0.341. The van der Waals surface area contributed by atoms with Gasteiger partial charge in [-0.2, -0.15) is 0 Å². The second-order valence-electron chi connectivity index (χ2n) is 7.00. The highest BCUT2D eigenvalue weighted by atomic mass is 16.6. The van der Waals surface area contributed by atoms with E-state index in [0.29, 0.717) is 12.2 Å². The highest BCUT2D eigenvalue weighted by Crippen LogP contribution is 2.23. The Balaban J connectivity index is 2.13. The molecule has 0 saturated carbocycles. The van der Waals surface area contributed by atoms with E-state index >= 15 is 0 Å². The minimum Gasteiger partial charge on any atom is -0.358 e. The Bertz CT molecular complexity index is 755. The molecular formula is C18H23N3O3. The Morgan fingerprint density at radius 1 is 1.17 bits per heavy atom. The first-order chi connectivity index (χ1) is 11.1. The zero-order valence-electron chi connectivity index (χ0n) is 14.7. The summed E-state index contributed by atoms with van der Waals surface area (Å²) in [6.45, 7) is 6.90. The van der Waals surface area contributed by atoms with E-state index in [1.807, 2.05) is 12.1 Å². The summed E-state index contributed by atoms with van der Waals surface area (Å²) in [6.07, 6.45) is 0. The zero-order valence-corrected chi connectivity index (χ0v) is 14.7. The van der Waals surface area contributed by atoms with Gasteiger partial charge in [-0.05, 0) is 27.5 Å². The van der Waals surface area contributed by atoms with Crippen LogP contribution < -0.4 is 0 Å². The molecule has 0 aliphatic rings. The summed E-state index contributed by atoms with van der Waals surface area (Å²) in [4.78, 5) is 24.5. The van der Waals surface area contributed by atoms with Crippen molar-refractivity contribution in [2.75, 3.05) is 7.05 Å². The van der Waals surface area contributed by atoms with Crippen molar-refractivity contribution in [1.29, 1.82) is 0 Å². The van der Waals surface area contributed by atoms with Crippen LogP contribution in [0.25, 0.3) is 0 Å². The van der Waals surface area contributed by atoms with Gasteiger partial charge in [-0.25, -0.2) is 4.57 Å². The molecule has 0 radical (unpaired) electrons. The van der Waals surface area contributed by atoms with Gasteiger partial charge in [-0.3, -0.25) is 4.79 Å². The van der Waals surface area contributed by atoms with Crippen LogP contribution in [0.2, 0.25) is 0 Å². The Labute approximate surface area is 141 Å². The van der Waals surface area contributed by atoms with Gasteiger partial charge in [0, 0.05) is 19.7 Å². The SMILES string of the molecule is CN(Cc1ccc(C(C)(C)C)cc1)C(=O)c1ccc([N+](=O)[O-])n1C. The lowest BCUT2D eigenvalue weighted by atomic mass is 9.87. The number of benzene rings is 1. The fourth-order valence-electron chi connectivity index (χ4n) is 2.55. The van der Waals surface area contributed by atoms with Gasteiger partial charge in [0.15, 0.2) is 5.69 Å². The van der Waals surface area contributed by atoms with Crippen molar-refractivity contribution in [1.82, 2.24) is 9.47 Å². The van der Waals surface area contributed by atoms with Crippen molar-refractivity contribution in [3.63, 3.8) is 0 Å². The molecule has 24 heavy (non-hydrogen) atoms. The van der Waals surface area contributed by atoms with Crippen molar-refractivity contribution in [2.45, 2.75) is 32.7 Å². The van der Waals surface area contributed by atoms with Gasteiger partial charge < -0.3 is 15.0 Å². The third-order valence-electron chi connectivity index (χ3n) is 4.09. The van der Waals surface area contributed by atoms with Crippen molar-refractivity contribution < 1.29 is 9.72 Å². The lowest BCUT2D eigenvalue weighted by Gasteiger charge is -2.20. The Morgan fingerprint density at radius 3 is 2.21 bits per heavy atom. The molecular weight excluding hydrogens is 306 g/mol. The van der Waals surface area contributed by atoms with Gasteiger partial charge in [-0.15, -0.1) is 0 Å². The molecule has 0 saturated heterocycles. The number of aromatic nitrogens is 1. The first-order valence-electron chi connectivity index (χ1n) is 7.76. The summed E-state index contributed by atoms with van der Waals surface area (Å²) >= 11 is 0. The molecule has 0 aliphatic heterocycles. The van der Waals surface area contributed by atoms with Crippen molar-refractivity contribution in [2.24, 2.45) is 7.05 Å². The van der Waals surface area contributed by atoms with Crippen LogP contribution in [0.3, 0.4) is 0 Å². The molecule has 0 bridgehead atoms. The number of rotatable bonds is 4. The molecule has 0 unspecified atom stereocenters. The summed E-state index contributed by atoms with van der Waals surface area (Å²) in [5.41, 5.74) is 2.64. The van der Waals surface area contributed by atoms with Crippen LogP contribution in [0.15, 0.2) is 36.4 Å². The molecule has 128 valence electrons. The predicted octanol–water partition coefficient (Wildman–Crippen LogP) is 3.50. The van der Waals surface area contributed by atoms with E-state index in [0.717, 1.165) is 5.56 Å². The summed E-state index contributed by atoms with van der Waals surface area (Å²) < 4.78 is 1.31. The van der Waals surface area contributed by atoms with Crippen LogP contribution in [0.5, 0.6) is 0 Å². The highest BCUT2D eigenvalue weighted by Gasteiger charge is 2.23. The van der Waals surface area contributed by atoms with Gasteiger partial charge in [-0.1, -0.05) is 45.0 Å². The summed E-state index contributed by atoms with van der Waals surface area (Å²) in [6, 6.07) is 11.0. The number of nitrogens with zero attached hydrogens (tertiary/aromatic N) is 3. The molecule has 0 aliphatic carbocycles. The predicted molar refractivity (Wildman–Crippen MR) is 93.0 cm³/mol. The Hall–Kier alpha value is -2.63. The maximum atomic E-state index is 12.5. The van der Waals surface area contributed by atoms with Crippen molar-refractivity contribution >= 4 is 11.7 Å². The number of carbonyl (C=O) groups is 1. The third kappa shape index (κ3) is 3.64. The molecule has 0 atom stereocenters. The average Bonchev–Trinajstić information content (AvgIpc) is 2.88. The second kappa shape index (κ2) is 6.47. The van der Waals surface area contributed by atoms with Crippen LogP contribution >= 0.6 is 0 Å². The lowest BCUT2D eigenvalue weighted by Crippen LogP contribution is -2.28. The quantitative estimate of drug-likeness (QED) is 0.637. The number of nitro groups is 1. The third-order valence-corrected chi connectivity index (χ3v) is 4.09. The van der Waals surface area contributed by atoms with E-state index in [2.05, 4.69) is 32.9 Å². The molecule has 6 heteroatoms. The largest absolute Gasteiger partial charge is 0.358 e. The number of carbonyl (C=O) groups excluding carboxylic acids is 1. The van der Waals surface area contributed by atoms with Crippen LogP contribution in [0.1, 0.15) is 42.4 Å². The fraction of sp³-hybridized carbons (Fsp3) is 0.389. The molecule has 0 N–H and O–H groups in total. The van der Waals surface area contributed by atoms with E-state index in [4.69, 9.17) is 0 Å². The molecule has 1 heterocycles. The maximum Gasteiger partial charge on any atom is 0.323 e. The van der Waals surface area contributed by atoms with Crippen LogP contribution in [0.4, 0.5) is 5.82 Å². The summed E-state index contributed by atoms with van der Waals surface area (Å²) in [7, 11) is 3.22. The molecule has 1 amide bonds. The van der Waals surface area contributed by atoms with E-state index in [9.17, 15) is 14.9 Å². The van der Waals surface area contributed by atoms with Crippen molar-refractivity contribution in [3.8, 4) is 0 Å². The number of hydrogen-bond acceptors (Lipinski definition) is 3. The minimum atomic E-state index is -0.498. The van der Waals surface area contributed by atoms with E-state index in [-0.39, 0.29) is 17.1 Å². The molecule has 2 rings (SSSR count). The highest BCUT2D eigenvalue weighted by molar-refractivity contribution is 5.93. The lowest BCUT2D eigenvalue weighted by molar-refractivity contribution is -0.391. The molecule has 2 aromatic rings. The fourth-order valence-corrected chi connectivity index (χ4v) is 2.55. The molecule has 1 aromatic carbocycles. The monoisotopic (exact) mass is 329 g/mol. The van der Waals surface area contributed by atoms with E-state index < -0.39 is 4.92 Å². The topological polar surface area (TPSA) is 68.4 Å². The number of hydrogen-bond donors (Lipinski definition) is 0. The van der Waals surface area contributed by atoms with Gasteiger partial charge in [0.25, 0.3) is 5.91 Å². The molecule has 0 spiro atoms. The van der Waals surface area contributed by atoms with Gasteiger partial charge in [0.2, 0.25) is 0 Å². The standard InChI is InChI=1S/C18H23N3O3/c1-18(2,3)14-8-6-13(7-9-14)12-19(4)17(22)15-10-11-16(20(15)5)21(23)24/h6-11H,12H2,1-5H3. The van der Waals surface area contributed by atoms with Crippen LogP contribution in [-0.2, 0) is 19.0 Å². The second-order valence-corrected chi connectivity index (χ2v) is 7.00. The number of amides is 1. The first kappa shape index (κ1) is 17.7. The molecule has 0 fully saturated rings. The average molecular weight is 329 g/mol. The van der Waals surface area contributed by atoms with E-state index in [1.54, 1.807) is 11.9 Å². The molecule has 6 nitrogen and oxygen atoms in total. The normalized spacial score (nSPS) is 11.4. The van der Waals surface area contributed by atoms with Gasteiger partial charge in [0.1, 0.15) is 0 Å². The van der Waals surface area contributed by atoms with Crippen LogP contribution in [-0.4, -0.2) is 27.3 Å². The smallest absolute Gasteiger partial charge is 0.323 e. The first-order valence-corrected chi connectivity index (χ1v) is 7.76. The summed E-state index contributed by atoms with van der Waals surface area (Å²) in [5, 5.41) is 10.9. The van der Waals surface area contributed by atoms with Gasteiger partial charge in [0.05, 0.1) is 7.05 Å². The Morgan fingerprint density at radius 2 is 1.75 bits per heavy atom. The minimum absolute atomic E-state index is 0.0855. The van der Waals surface area contributed by atoms with Gasteiger partial charge >= 0.3 is 5.82 Å². The van der Waals surface area contributed by atoms with Crippen LogP contribution in [0, 0.1) is 10.1 Å². The van der Waals surface area contributed by atoms with E-state index in [1.165, 1.54) is 29.3 Å².